The smallest absolute Gasteiger partial charge is 0.290 e. The van der Waals surface area contributed by atoms with E-state index in [0.29, 0.717) is 30.4 Å². The first kappa shape index (κ1) is 34.5. The summed E-state index contributed by atoms with van der Waals surface area (Å²) < 4.78 is 11.4. The summed E-state index contributed by atoms with van der Waals surface area (Å²) in [4.78, 5) is 39.6. The summed E-state index contributed by atoms with van der Waals surface area (Å²) >= 11 is 1.08. The fraction of sp³-hybridized carbons (Fsp3) is 0.220. The van der Waals surface area contributed by atoms with E-state index in [1.54, 1.807) is 6.20 Å². The van der Waals surface area contributed by atoms with Crippen LogP contribution < -0.4 is 9.47 Å². The fourth-order valence-corrected chi connectivity index (χ4v) is 7.11. The maximum atomic E-state index is 14.4. The molecule has 1 aromatic heterocycles. The monoisotopic (exact) mass is 685 g/mol. The molecule has 9 heteroatoms. The van der Waals surface area contributed by atoms with Gasteiger partial charge in [-0.05, 0) is 67.6 Å². The van der Waals surface area contributed by atoms with E-state index in [-0.39, 0.29) is 23.9 Å². The molecule has 4 aromatic carbocycles. The number of rotatable bonds is 14. The van der Waals surface area contributed by atoms with Crippen molar-refractivity contribution < 1.29 is 23.9 Å². The van der Waals surface area contributed by atoms with Gasteiger partial charge in [0.25, 0.3) is 5.24 Å². The first-order valence-corrected chi connectivity index (χ1v) is 17.5. The average Bonchev–Trinajstić information content (AvgIpc) is 3.42. The van der Waals surface area contributed by atoms with Gasteiger partial charge in [0.2, 0.25) is 11.8 Å². The Morgan fingerprint density at radius 1 is 0.800 bits per heavy atom. The van der Waals surface area contributed by atoms with Gasteiger partial charge in [0.15, 0.2) is 6.61 Å². The molecule has 1 atom stereocenters. The highest BCUT2D eigenvalue weighted by atomic mass is 32.2. The van der Waals surface area contributed by atoms with Gasteiger partial charge < -0.3 is 14.3 Å². The Balaban J connectivity index is 1.11. The number of imide groups is 1. The lowest BCUT2D eigenvalue weighted by Crippen LogP contribution is -2.51. The third kappa shape index (κ3) is 7.58. The molecule has 1 aliphatic rings. The summed E-state index contributed by atoms with van der Waals surface area (Å²) in [6.45, 7) is 6.32. The van der Waals surface area contributed by atoms with Crippen LogP contribution in [0.4, 0.5) is 4.79 Å². The van der Waals surface area contributed by atoms with Crippen LogP contribution in [0.15, 0.2) is 139 Å². The molecule has 5 aromatic rings. The number of oxime groups is 1. The molecule has 50 heavy (non-hydrogen) atoms. The lowest BCUT2D eigenvalue weighted by molar-refractivity contribution is -0.129. The van der Waals surface area contributed by atoms with E-state index >= 15 is 0 Å². The van der Waals surface area contributed by atoms with Crippen LogP contribution in [0.5, 0.6) is 11.6 Å². The number of carbonyl (C=O) groups is 2. The van der Waals surface area contributed by atoms with Crippen LogP contribution in [0.3, 0.4) is 0 Å². The Morgan fingerprint density at radius 3 is 1.90 bits per heavy atom. The second kappa shape index (κ2) is 15.9. The van der Waals surface area contributed by atoms with Crippen LogP contribution in [-0.2, 0) is 21.6 Å². The first-order chi connectivity index (χ1) is 24.4. The number of amides is 2. The fourth-order valence-electron chi connectivity index (χ4n) is 6.05. The van der Waals surface area contributed by atoms with E-state index in [9.17, 15) is 9.59 Å². The van der Waals surface area contributed by atoms with Gasteiger partial charge in [-0.25, -0.2) is 4.98 Å². The van der Waals surface area contributed by atoms with E-state index in [0.717, 1.165) is 39.6 Å². The molecule has 254 valence electrons. The second-order valence-corrected chi connectivity index (χ2v) is 13.3. The molecule has 1 fully saturated rings. The molecule has 2 heterocycles. The van der Waals surface area contributed by atoms with Crippen molar-refractivity contribution >= 4 is 28.6 Å². The van der Waals surface area contributed by atoms with Crippen molar-refractivity contribution in [2.75, 3.05) is 13.2 Å². The third-order valence-corrected chi connectivity index (χ3v) is 9.37. The summed E-state index contributed by atoms with van der Waals surface area (Å²) in [5, 5.41) is 3.32. The number of carbonyl (C=O) groups excluding carboxylic acids is 2. The number of hydrogen-bond donors (Lipinski definition) is 0. The minimum atomic E-state index is -1.13. The Bertz CT molecular complexity index is 1810. The molecule has 1 saturated heterocycles. The molecular formula is C41H39N3O5S. The number of nitrogens with zero attached hydrogens (tertiary/aromatic N) is 3. The summed E-state index contributed by atoms with van der Waals surface area (Å²) in [5.74, 6) is 1.01. The minimum absolute atomic E-state index is 0.0568. The topological polar surface area (TPSA) is 90.3 Å². The maximum Gasteiger partial charge on any atom is 0.290 e. The zero-order valence-electron chi connectivity index (χ0n) is 28.3. The van der Waals surface area contributed by atoms with Crippen molar-refractivity contribution in [3.63, 3.8) is 0 Å². The molecule has 0 bridgehead atoms. The summed E-state index contributed by atoms with van der Waals surface area (Å²) in [5.41, 5.74) is 3.86. The number of ether oxygens (including phenoxy) is 2. The third-order valence-electron chi connectivity index (χ3n) is 8.33. The van der Waals surface area contributed by atoms with Gasteiger partial charge in [-0.15, -0.1) is 0 Å². The van der Waals surface area contributed by atoms with Crippen LogP contribution >= 0.6 is 11.8 Å². The Hall–Kier alpha value is -5.41. The second-order valence-electron chi connectivity index (χ2n) is 12.1. The highest BCUT2D eigenvalue weighted by Crippen LogP contribution is 2.47. The number of hydrogen-bond acceptors (Lipinski definition) is 8. The number of pyridine rings is 1. The quantitative estimate of drug-likeness (QED) is 0.0503. The van der Waals surface area contributed by atoms with E-state index in [1.165, 1.54) is 4.90 Å². The number of thioether (sulfide) groups is 1. The lowest BCUT2D eigenvalue weighted by atomic mass is 9.75. The standard InChI is InChI=1S/C41H39N3O5S/c1-29(2)49-38-24-21-32(28-42-38)30(3)43-48-26-25-47-36-22-19-31(20-23-36)27-37-39(45)44(40(46)50-37)41(33-13-7-4-8-14-33,34-15-9-5-10-16-34)35-17-11-6-12-18-35/h4-24,28-29,37H,25-27H2,1-3H3/b43-30-. The van der Waals surface area contributed by atoms with Crippen LogP contribution in [0.1, 0.15) is 48.6 Å². The zero-order valence-corrected chi connectivity index (χ0v) is 29.1. The van der Waals surface area contributed by atoms with Crippen molar-refractivity contribution in [1.29, 1.82) is 0 Å². The van der Waals surface area contributed by atoms with Gasteiger partial charge in [0.05, 0.1) is 17.1 Å². The number of aromatic nitrogens is 1. The van der Waals surface area contributed by atoms with Crippen molar-refractivity contribution in [2.24, 2.45) is 5.16 Å². The van der Waals surface area contributed by atoms with Gasteiger partial charge in [0.1, 0.15) is 17.9 Å². The van der Waals surface area contributed by atoms with E-state index in [4.69, 9.17) is 14.3 Å². The van der Waals surface area contributed by atoms with Gasteiger partial charge >= 0.3 is 0 Å². The Labute approximate surface area is 297 Å². The van der Waals surface area contributed by atoms with Crippen molar-refractivity contribution in [3.8, 4) is 11.6 Å². The largest absolute Gasteiger partial charge is 0.490 e. The van der Waals surface area contributed by atoms with E-state index in [2.05, 4.69) is 10.1 Å². The molecule has 8 nitrogen and oxygen atoms in total. The van der Waals surface area contributed by atoms with Gasteiger partial charge in [0, 0.05) is 17.8 Å². The molecule has 0 saturated carbocycles. The van der Waals surface area contributed by atoms with Crippen molar-refractivity contribution in [1.82, 2.24) is 9.88 Å². The molecule has 0 radical (unpaired) electrons. The van der Waals surface area contributed by atoms with Crippen LogP contribution in [-0.4, -0.2) is 51.3 Å². The van der Waals surface area contributed by atoms with E-state index < -0.39 is 10.8 Å². The maximum absolute atomic E-state index is 14.4. The molecule has 2 amide bonds. The Morgan fingerprint density at radius 2 is 1.38 bits per heavy atom. The van der Waals surface area contributed by atoms with Crippen LogP contribution in [0.2, 0.25) is 0 Å². The highest BCUT2D eigenvalue weighted by Gasteiger charge is 2.53. The van der Waals surface area contributed by atoms with Crippen molar-refractivity contribution in [3.05, 3.63) is 161 Å². The SMILES string of the molecule is C/C(=N/OCCOc1ccc(CC2SC(=O)N(C(c3ccccc3)(c3ccccc3)c3ccccc3)C2=O)cc1)c1ccc(OC(C)C)nc1. The zero-order chi connectivity index (χ0) is 34.9. The van der Waals surface area contributed by atoms with E-state index in [1.807, 2.05) is 148 Å². The van der Waals surface area contributed by atoms with Gasteiger partial charge in [-0.3, -0.25) is 14.5 Å². The van der Waals surface area contributed by atoms with Crippen LogP contribution in [0, 0.1) is 0 Å². The Kier molecular flexibility index (Phi) is 10.9. The lowest BCUT2D eigenvalue weighted by Gasteiger charge is -2.42. The first-order valence-electron chi connectivity index (χ1n) is 16.6. The predicted octanol–water partition coefficient (Wildman–Crippen LogP) is 8.29. The van der Waals surface area contributed by atoms with Gasteiger partial charge in [-0.1, -0.05) is 120 Å². The molecular weight excluding hydrogens is 647 g/mol. The number of benzene rings is 4. The summed E-state index contributed by atoms with van der Waals surface area (Å²) in [6, 6.07) is 40.6. The summed E-state index contributed by atoms with van der Waals surface area (Å²) in [6.07, 6.45) is 2.16. The summed E-state index contributed by atoms with van der Waals surface area (Å²) in [7, 11) is 0. The molecule has 6 rings (SSSR count). The molecule has 0 N–H and O–H groups in total. The predicted molar refractivity (Wildman–Crippen MR) is 197 cm³/mol. The molecule has 0 spiro atoms. The molecule has 1 aliphatic heterocycles. The normalized spacial score (nSPS) is 15.0. The van der Waals surface area contributed by atoms with Gasteiger partial charge in [-0.2, -0.15) is 0 Å². The van der Waals surface area contributed by atoms with Crippen LogP contribution in [0.25, 0.3) is 0 Å². The average molecular weight is 686 g/mol. The molecule has 0 aliphatic carbocycles. The molecule has 1 unspecified atom stereocenters. The highest BCUT2D eigenvalue weighted by molar-refractivity contribution is 8.15. The minimum Gasteiger partial charge on any atom is -0.490 e. The van der Waals surface area contributed by atoms with Crippen molar-refractivity contribution in [2.45, 2.75) is 44.1 Å².